The third-order valence-electron chi connectivity index (χ3n) is 11.7. The number of aliphatic hydroxyl groups is 4. The minimum absolute atomic E-state index is 0.159. The van der Waals surface area contributed by atoms with E-state index in [0.717, 1.165) is 77.0 Å². The molecule has 0 aromatic heterocycles. The lowest BCUT2D eigenvalue weighted by atomic mass is 9.99. The first-order valence-corrected chi connectivity index (χ1v) is 26.7. The number of unbranched alkanes of at least 4 members (excludes halogenated alkanes) is 19. The Morgan fingerprint density at radius 3 is 1.43 bits per heavy atom. The maximum atomic E-state index is 12.8. The van der Waals surface area contributed by atoms with Crippen molar-refractivity contribution in [1.29, 1.82) is 0 Å². The molecule has 1 fully saturated rings. The molecule has 0 aliphatic carbocycles. The first-order valence-electron chi connectivity index (χ1n) is 26.7. The van der Waals surface area contributed by atoms with Crippen LogP contribution in [0.15, 0.2) is 85.1 Å². The van der Waals surface area contributed by atoms with E-state index in [-0.39, 0.29) is 26.1 Å². The standard InChI is InChI=1S/C57H96O10/c1-3-5-7-9-11-13-15-17-19-21-23-24-25-26-28-30-32-34-36-38-40-42-44-46-53(60)66-50(49-65-57-56(63)55(62)54(61)51(47-58)67-57)48-64-52(59)45-43-41-39-37-35-33-31-29-27-22-20-18-16-14-12-10-8-6-4-2/h6,8,12,14,18,20,27,29-30,32-33,35,38,40,50-51,54-58,61-63H,3-5,7,9-11,13,15-17,19,21-26,28,31,34,36-37,39,41-49H2,1-2H3/b8-6+,14-12+,20-18+,29-27+,32-30+,35-33+,40-38+/t50-,51-,54+,55?,56?,57-/m1/s1. The first-order chi connectivity index (χ1) is 32.8. The van der Waals surface area contributed by atoms with Gasteiger partial charge in [-0.25, -0.2) is 0 Å². The van der Waals surface area contributed by atoms with E-state index in [2.05, 4.69) is 98.9 Å². The summed E-state index contributed by atoms with van der Waals surface area (Å²) in [6.07, 6.45) is 54.6. The molecule has 10 nitrogen and oxygen atoms in total. The fraction of sp³-hybridized carbons (Fsp3) is 0.719. The molecule has 4 N–H and O–H groups in total. The van der Waals surface area contributed by atoms with Gasteiger partial charge < -0.3 is 39.4 Å². The largest absolute Gasteiger partial charge is 0.462 e. The summed E-state index contributed by atoms with van der Waals surface area (Å²) in [4.78, 5) is 25.4. The lowest BCUT2D eigenvalue weighted by Crippen LogP contribution is -2.59. The molecule has 1 heterocycles. The van der Waals surface area contributed by atoms with Crippen LogP contribution in [0.25, 0.3) is 0 Å². The minimum atomic E-state index is -1.61. The zero-order valence-electron chi connectivity index (χ0n) is 42.1. The second kappa shape index (κ2) is 46.6. The summed E-state index contributed by atoms with van der Waals surface area (Å²) < 4.78 is 22.2. The predicted octanol–water partition coefficient (Wildman–Crippen LogP) is 12.9. The van der Waals surface area contributed by atoms with Gasteiger partial charge in [-0.1, -0.05) is 189 Å². The summed E-state index contributed by atoms with van der Waals surface area (Å²) in [5.74, 6) is -0.896. The van der Waals surface area contributed by atoms with Crippen LogP contribution in [0.5, 0.6) is 0 Å². The number of carbonyl (C=O) groups is 2. The van der Waals surface area contributed by atoms with Crippen LogP contribution in [0, 0.1) is 0 Å². The Hall–Kier alpha value is -3.12. The average molecular weight is 941 g/mol. The van der Waals surface area contributed by atoms with Gasteiger partial charge in [-0.2, -0.15) is 0 Å². The van der Waals surface area contributed by atoms with E-state index in [9.17, 15) is 30.0 Å². The highest BCUT2D eigenvalue weighted by Crippen LogP contribution is 2.23. The van der Waals surface area contributed by atoms with Gasteiger partial charge in [0.05, 0.1) is 13.2 Å². The molecule has 0 radical (unpaired) electrons. The highest BCUT2D eigenvalue weighted by atomic mass is 16.7. The molecule has 0 aromatic carbocycles. The van der Waals surface area contributed by atoms with Crippen LogP contribution in [0.1, 0.15) is 206 Å². The maximum Gasteiger partial charge on any atom is 0.306 e. The van der Waals surface area contributed by atoms with Crippen molar-refractivity contribution in [1.82, 2.24) is 0 Å². The number of allylic oxidation sites excluding steroid dienone is 14. The van der Waals surface area contributed by atoms with Gasteiger partial charge in [-0.05, 0) is 89.9 Å². The monoisotopic (exact) mass is 941 g/mol. The molecule has 0 amide bonds. The molecule has 1 aliphatic rings. The number of hydrogen-bond donors (Lipinski definition) is 4. The van der Waals surface area contributed by atoms with E-state index in [1.165, 1.54) is 89.9 Å². The Balaban J connectivity index is 2.30. The second-order valence-electron chi connectivity index (χ2n) is 17.9. The molecule has 0 aromatic rings. The lowest BCUT2D eigenvalue weighted by Gasteiger charge is -2.39. The Morgan fingerprint density at radius 1 is 0.478 bits per heavy atom. The summed E-state index contributed by atoms with van der Waals surface area (Å²) in [6, 6.07) is 0. The fourth-order valence-corrected chi connectivity index (χ4v) is 7.59. The maximum absolute atomic E-state index is 12.8. The van der Waals surface area contributed by atoms with Crippen LogP contribution in [0.4, 0.5) is 0 Å². The van der Waals surface area contributed by atoms with Gasteiger partial charge in [0.15, 0.2) is 12.4 Å². The number of hydrogen-bond acceptors (Lipinski definition) is 10. The van der Waals surface area contributed by atoms with Crippen molar-refractivity contribution in [2.24, 2.45) is 0 Å². The summed E-state index contributed by atoms with van der Waals surface area (Å²) in [5.41, 5.74) is 0. The van der Waals surface area contributed by atoms with Gasteiger partial charge >= 0.3 is 11.9 Å². The molecule has 2 unspecified atom stereocenters. The summed E-state index contributed by atoms with van der Waals surface area (Å²) in [5, 5.41) is 40.2. The molecule has 10 heteroatoms. The molecule has 384 valence electrons. The molecule has 67 heavy (non-hydrogen) atoms. The van der Waals surface area contributed by atoms with E-state index in [0.29, 0.717) is 12.8 Å². The number of esters is 2. The Bertz CT molecular complexity index is 1360. The van der Waals surface area contributed by atoms with Crippen molar-refractivity contribution < 1.29 is 49.0 Å². The summed E-state index contributed by atoms with van der Waals surface area (Å²) in [7, 11) is 0. The van der Waals surface area contributed by atoms with E-state index in [1.807, 2.05) is 0 Å². The molecule has 1 saturated heterocycles. The van der Waals surface area contributed by atoms with Crippen LogP contribution in [-0.2, 0) is 28.5 Å². The molecule has 0 saturated carbocycles. The number of aliphatic hydroxyl groups excluding tert-OH is 4. The number of carbonyl (C=O) groups excluding carboxylic acids is 2. The van der Waals surface area contributed by atoms with E-state index >= 15 is 0 Å². The van der Waals surface area contributed by atoms with Gasteiger partial charge in [0, 0.05) is 12.8 Å². The second-order valence-corrected chi connectivity index (χ2v) is 17.9. The van der Waals surface area contributed by atoms with Gasteiger partial charge in [0.1, 0.15) is 31.0 Å². The summed E-state index contributed by atoms with van der Waals surface area (Å²) >= 11 is 0. The van der Waals surface area contributed by atoms with E-state index in [4.69, 9.17) is 18.9 Å². The van der Waals surface area contributed by atoms with Crippen LogP contribution >= 0.6 is 0 Å². The molecule has 0 bridgehead atoms. The Labute approximate surface area is 407 Å². The van der Waals surface area contributed by atoms with Crippen molar-refractivity contribution >= 4 is 11.9 Å². The Morgan fingerprint density at radius 2 is 0.910 bits per heavy atom. The quantitative estimate of drug-likeness (QED) is 0.0264. The van der Waals surface area contributed by atoms with Crippen LogP contribution in [0.3, 0.4) is 0 Å². The normalized spacial score (nSPS) is 19.8. The molecular weight excluding hydrogens is 845 g/mol. The minimum Gasteiger partial charge on any atom is -0.462 e. The zero-order chi connectivity index (χ0) is 48.7. The van der Waals surface area contributed by atoms with Crippen molar-refractivity contribution in [3.8, 4) is 0 Å². The average Bonchev–Trinajstić information content (AvgIpc) is 3.33. The van der Waals surface area contributed by atoms with Gasteiger partial charge in [0.25, 0.3) is 0 Å². The molecule has 0 spiro atoms. The molecule has 1 rings (SSSR count). The van der Waals surface area contributed by atoms with E-state index < -0.39 is 55.4 Å². The highest BCUT2D eigenvalue weighted by Gasteiger charge is 2.44. The zero-order valence-corrected chi connectivity index (χ0v) is 42.1. The van der Waals surface area contributed by atoms with Gasteiger partial charge in [0.2, 0.25) is 0 Å². The lowest BCUT2D eigenvalue weighted by molar-refractivity contribution is -0.305. The number of ether oxygens (including phenoxy) is 4. The van der Waals surface area contributed by atoms with Crippen molar-refractivity contribution in [2.45, 2.75) is 243 Å². The summed E-state index contributed by atoms with van der Waals surface area (Å²) in [6.45, 7) is 3.25. The molecule has 6 atom stereocenters. The van der Waals surface area contributed by atoms with Gasteiger partial charge in [-0.15, -0.1) is 0 Å². The molecular formula is C57H96O10. The smallest absolute Gasteiger partial charge is 0.306 e. The Kier molecular flexibility index (Phi) is 43.1. The topological polar surface area (TPSA) is 152 Å². The van der Waals surface area contributed by atoms with E-state index in [1.54, 1.807) is 0 Å². The number of rotatable bonds is 44. The van der Waals surface area contributed by atoms with Crippen molar-refractivity contribution in [2.75, 3.05) is 19.8 Å². The molecule has 1 aliphatic heterocycles. The van der Waals surface area contributed by atoms with Crippen molar-refractivity contribution in [3.05, 3.63) is 85.1 Å². The third-order valence-corrected chi connectivity index (χ3v) is 11.7. The fourth-order valence-electron chi connectivity index (χ4n) is 7.59. The third kappa shape index (κ3) is 37.5. The van der Waals surface area contributed by atoms with Crippen LogP contribution in [-0.4, -0.2) is 89.0 Å². The van der Waals surface area contributed by atoms with Crippen LogP contribution < -0.4 is 0 Å². The van der Waals surface area contributed by atoms with Gasteiger partial charge in [-0.3, -0.25) is 9.59 Å². The highest BCUT2D eigenvalue weighted by molar-refractivity contribution is 5.70. The SMILES string of the molecule is CC/C=C/C/C=C/C/C=C/C/C=C/C/C=C/CCCCCC(=O)OC[C@H](CO[C@@H]1O[C@H](CO)[C@H](O)C(O)C1O)OC(=O)CCC/C=C/CC/C=C/CCCCCCCCCCCCCCCC. The predicted molar refractivity (Wildman–Crippen MR) is 274 cm³/mol. The van der Waals surface area contributed by atoms with Crippen LogP contribution in [0.2, 0.25) is 0 Å². The van der Waals surface area contributed by atoms with Crippen molar-refractivity contribution in [3.63, 3.8) is 0 Å². The first kappa shape index (κ1) is 61.9.